The van der Waals surface area contributed by atoms with Gasteiger partial charge in [-0.1, -0.05) is 28.6 Å². The average molecular weight is 369 g/mol. The number of hydrogen-bond donors (Lipinski definition) is 2. The molecule has 4 nitrogen and oxygen atoms in total. The zero-order valence-electron chi connectivity index (χ0n) is 16.7. The standard InChI is InChI=1S/C18H31B2ClO4/c1-15(2,22)17(5,6)24-19-12-9-13(11-14(21)10-12)20-25-18(7,8)16(3,4)23/h9-11,19-20,22-23H,1-8H3. The van der Waals surface area contributed by atoms with Crippen LogP contribution in [0.4, 0.5) is 0 Å². The third kappa shape index (κ3) is 6.30. The molecule has 0 saturated carbocycles. The molecule has 0 amide bonds. The molecule has 1 rings (SSSR count). The number of halogens is 1. The van der Waals surface area contributed by atoms with Crippen LogP contribution in [0.25, 0.3) is 0 Å². The van der Waals surface area contributed by atoms with Gasteiger partial charge in [-0.15, -0.1) is 0 Å². The lowest BCUT2D eigenvalue weighted by Crippen LogP contribution is -2.50. The summed E-state index contributed by atoms with van der Waals surface area (Å²) in [4.78, 5) is 0. The van der Waals surface area contributed by atoms with Gasteiger partial charge in [0, 0.05) is 5.02 Å². The molecular formula is C18H31B2ClO4. The quantitative estimate of drug-likeness (QED) is 0.682. The molecule has 0 unspecified atom stereocenters. The van der Waals surface area contributed by atoms with Crippen molar-refractivity contribution in [1.29, 1.82) is 0 Å². The zero-order valence-corrected chi connectivity index (χ0v) is 17.5. The summed E-state index contributed by atoms with van der Waals surface area (Å²) in [5.74, 6) is 0. The maximum atomic E-state index is 10.2. The van der Waals surface area contributed by atoms with E-state index in [2.05, 4.69) is 0 Å². The smallest absolute Gasteiger partial charge is 0.309 e. The van der Waals surface area contributed by atoms with Gasteiger partial charge in [0.25, 0.3) is 0 Å². The van der Waals surface area contributed by atoms with Gasteiger partial charge in [0.1, 0.15) is 0 Å². The summed E-state index contributed by atoms with van der Waals surface area (Å²) >= 11 is 6.22. The van der Waals surface area contributed by atoms with Crippen LogP contribution in [0.2, 0.25) is 5.02 Å². The Labute approximate surface area is 158 Å². The second-order valence-electron chi connectivity index (χ2n) is 8.68. The Kier molecular flexibility index (Phi) is 6.86. The Balaban J connectivity index is 2.84. The van der Waals surface area contributed by atoms with E-state index in [0.29, 0.717) is 20.0 Å². The van der Waals surface area contributed by atoms with Gasteiger partial charge in [-0.3, -0.25) is 0 Å². The largest absolute Gasteiger partial charge is 0.427 e. The first-order valence-electron chi connectivity index (χ1n) is 8.56. The van der Waals surface area contributed by atoms with Crippen molar-refractivity contribution in [3.05, 3.63) is 23.2 Å². The van der Waals surface area contributed by atoms with Crippen molar-refractivity contribution < 1.29 is 19.5 Å². The van der Waals surface area contributed by atoms with Gasteiger partial charge >= 0.3 is 15.0 Å². The molecule has 0 saturated heterocycles. The maximum Gasteiger partial charge on any atom is 0.309 e. The van der Waals surface area contributed by atoms with Crippen molar-refractivity contribution in [2.45, 2.75) is 77.8 Å². The predicted octanol–water partition coefficient (Wildman–Crippen LogP) is 1.43. The fourth-order valence-corrected chi connectivity index (χ4v) is 2.05. The third-order valence-corrected chi connectivity index (χ3v) is 5.38. The Morgan fingerprint density at radius 3 is 1.32 bits per heavy atom. The number of hydrogen-bond acceptors (Lipinski definition) is 4. The first-order valence-corrected chi connectivity index (χ1v) is 8.94. The van der Waals surface area contributed by atoms with Crippen LogP contribution < -0.4 is 10.9 Å². The fourth-order valence-electron chi connectivity index (χ4n) is 1.76. The third-order valence-electron chi connectivity index (χ3n) is 5.16. The van der Waals surface area contributed by atoms with Crippen molar-refractivity contribution in [2.75, 3.05) is 0 Å². The van der Waals surface area contributed by atoms with E-state index in [0.717, 1.165) is 10.9 Å². The lowest BCUT2D eigenvalue weighted by Gasteiger charge is -2.38. The highest BCUT2D eigenvalue weighted by molar-refractivity contribution is 6.52. The van der Waals surface area contributed by atoms with Crippen LogP contribution in [0.5, 0.6) is 0 Å². The van der Waals surface area contributed by atoms with E-state index >= 15 is 0 Å². The van der Waals surface area contributed by atoms with Crippen LogP contribution in [-0.4, -0.2) is 47.6 Å². The summed E-state index contributed by atoms with van der Waals surface area (Å²) in [5, 5.41) is 21.0. The molecule has 0 aromatic heterocycles. The summed E-state index contributed by atoms with van der Waals surface area (Å²) in [6.45, 7) is 14.3. The summed E-state index contributed by atoms with van der Waals surface area (Å²) < 4.78 is 11.8. The number of benzene rings is 1. The van der Waals surface area contributed by atoms with Crippen LogP contribution in [0.1, 0.15) is 55.4 Å². The van der Waals surface area contributed by atoms with Crippen LogP contribution in [0, 0.1) is 0 Å². The topological polar surface area (TPSA) is 58.9 Å². The van der Waals surface area contributed by atoms with E-state index in [-0.39, 0.29) is 0 Å². The lowest BCUT2D eigenvalue weighted by molar-refractivity contribution is -0.0894. The molecule has 140 valence electrons. The predicted molar refractivity (Wildman–Crippen MR) is 108 cm³/mol. The molecule has 0 atom stereocenters. The number of aliphatic hydroxyl groups is 2. The minimum absolute atomic E-state index is 0.333. The van der Waals surface area contributed by atoms with Gasteiger partial charge in [0.2, 0.25) is 0 Å². The van der Waals surface area contributed by atoms with Crippen LogP contribution >= 0.6 is 11.6 Å². The molecule has 25 heavy (non-hydrogen) atoms. The molecule has 1 aromatic rings. The van der Waals surface area contributed by atoms with Gasteiger partial charge in [0.05, 0.1) is 22.4 Å². The molecule has 0 heterocycles. The summed E-state index contributed by atoms with van der Waals surface area (Å²) in [7, 11) is 0.666. The minimum Gasteiger partial charge on any atom is -0.427 e. The fraction of sp³-hybridized carbons (Fsp3) is 0.667. The van der Waals surface area contributed by atoms with Gasteiger partial charge in [-0.2, -0.15) is 0 Å². The first-order chi connectivity index (χ1) is 11.1. The zero-order chi connectivity index (χ0) is 19.7. The Hall–Kier alpha value is -0.520. The van der Waals surface area contributed by atoms with E-state index in [1.807, 2.05) is 45.9 Å². The van der Waals surface area contributed by atoms with Gasteiger partial charge in [0.15, 0.2) is 0 Å². The Morgan fingerprint density at radius 2 is 1.04 bits per heavy atom. The normalized spacial score (nSPS) is 13.7. The summed E-state index contributed by atoms with van der Waals surface area (Å²) in [6.07, 6.45) is 0. The van der Waals surface area contributed by atoms with Crippen molar-refractivity contribution >= 4 is 37.5 Å². The first kappa shape index (κ1) is 22.5. The molecule has 2 N–H and O–H groups in total. The molecule has 0 aliphatic rings. The van der Waals surface area contributed by atoms with Gasteiger partial charge < -0.3 is 19.5 Å². The van der Waals surface area contributed by atoms with E-state index in [4.69, 9.17) is 20.9 Å². The average Bonchev–Trinajstić information content (AvgIpc) is 2.40. The van der Waals surface area contributed by atoms with Crippen molar-refractivity contribution in [1.82, 2.24) is 0 Å². The lowest BCUT2D eigenvalue weighted by atomic mass is 9.77. The van der Waals surface area contributed by atoms with E-state index in [1.165, 1.54) is 0 Å². The SMILES string of the molecule is CC(C)(O)C(C)(C)OBc1cc(Cl)cc(BOC(C)(C)C(C)(C)O)c1. The van der Waals surface area contributed by atoms with Crippen LogP contribution in [-0.2, 0) is 9.31 Å². The van der Waals surface area contributed by atoms with E-state index in [9.17, 15) is 10.2 Å². The minimum atomic E-state index is -0.964. The molecule has 0 spiro atoms. The maximum absolute atomic E-state index is 10.2. The molecule has 0 radical (unpaired) electrons. The molecule has 1 aromatic carbocycles. The monoisotopic (exact) mass is 368 g/mol. The van der Waals surface area contributed by atoms with Crippen molar-refractivity contribution in [2.24, 2.45) is 0 Å². The highest BCUT2D eigenvalue weighted by Crippen LogP contribution is 2.25. The Bertz CT molecular complexity index is 541. The summed E-state index contributed by atoms with van der Waals surface area (Å²) in [6, 6.07) is 5.64. The van der Waals surface area contributed by atoms with Crippen molar-refractivity contribution in [3.63, 3.8) is 0 Å². The second kappa shape index (κ2) is 7.61. The molecule has 0 fully saturated rings. The molecular weight excluding hydrogens is 337 g/mol. The molecule has 0 aliphatic carbocycles. The summed E-state index contributed by atoms with van der Waals surface area (Å²) in [5.41, 5.74) is -1.51. The van der Waals surface area contributed by atoms with Crippen LogP contribution in [0.15, 0.2) is 18.2 Å². The van der Waals surface area contributed by atoms with Gasteiger partial charge in [-0.25, -0.2) is 0 Å². The van der Waals surface area contributed by atoms with Crippen molar-refractivity contribution in [3.8, 4) is 0 Å². The van der Waals surface area contributed by atoms with Crippen LogP contribution in [0.3, 0.4) is 0 Å². The van der Waals surface area contributed by atoms with E-state index in [1.54, 1.807) is 27.7 Å². The molecule has 0 bridgehead atoms. The highest BCUT2D eigenvalue weighted by atomic mass is 35.5. The molecule has 7 heteroatoms. The highest BCUT2D eigenvalue weighted by Gasteiger charge is 2.36. The Morgan fingerprint density at radius 1 is 0.720 bits per heavy atom. The van der Waals surface area contributed by atoms with E-state index < -0.39 is 22.4 Å². The second-order valence-corrected chi connectivity index (χ2v) is 9.12. The number of rotatable bonds is 8. The molecule has 0 aliphatic heterocycles. The van der Waals surface area contributed by atoms with Gasteiger partial charge in [-0.05, 0) is 67.5 Å².